The van der Waals surface area contributed by atoms with Gasteiger partial charge in [-0.15, -0.1) is 0 Å². The van der Waals surface area contributed by atoms with Gasteiger partial charge in [-0.05, 0) is 12.8 Å². The Morgan fingerprint density at radius 3 is 2.68 bits per heavy atom. The maximum Gasteiger partial charge on any atom is 0.227 e. The van der Waals surface area contributed by atoms with E-state index in [1.165, 1.54) is 18.5 Å². The van der Waals surface area contributed by atoms with E-state index >= 15 is 0 Å². The summed E-state index contributed by atoms with van der Waals surface area (Å²) < 4.78 is 5.47. The van der Waals surface area contributed by atoms with Crippen LogP contribution in [-0.4, -0.2) is 39.4 Å². The van der Waals surface area contributed by atoms with Crippen molar-refractivity contribution in [2.45, 2.75) is 25.3 Å². The summed E-state index contributed by atoms with van der Waals surface area (Å²) in [7, 11) is 3.89. The van der Waals surface area contributed by atoms with Crippen LogP contribution in [0.2, 0.25) is 0 Å². The molecule has 5 rings (SSSR count). The van der Waals surface area contributed by atoms with Gasteiger partial charge in [0.05, 0.1) is 6.54 Å². The van der Waals surface area contributed by atoms with Crippen LogP contribution in [0.1, 0.15) is 30.2 Å². The van der Waals surface area contributed by atoms with Crippen LogP contribution in [-0.2, 0) is 6.54 Å². The molecule has 0 atom stereocenters. The number of aromatic nitrogens is 5. The average Bonchev–Trinajstić information content (AvgIpc) is 3.34. The lowest BCUT2D eigenvalue weighted by Crippen LogP contribution is -2.14. The van der Waals surface area contributed by atoms with E-state index < -0.39 is 0 Å². The molecule has 0 saturated heterocycles. The zero-order valence-corrected chi connectivity index (χ0v) is 17.5. The van der Waals surface area contributed by atoms with E-state index in [1.54, 1.807) is 0 Å². The molecule has 31 heavy (non-hydrogen) atoms. The SMILES string of the molecule is CN(C)c1cc(Nc2cc(C3CC3)[nH]n2)nc(NCc2cc(-c3ccccc3)no2)n1. The molecule has 9 nitrogen and oxygen atoms in total. The molecule has 3 heterocycles. The summed E-state index contributed by atoms with van der Waals surface area (Å²) in [6, 6.07) is 15.8. The van der Waals surface area contributed by atoms with Crippen LogP contribution < -0.4 is 15.5 Å². The molecule has 1 aromatic carbocycles. The molecule has 3 N–H and O–H groups in total. The molecule has 0 aliphatic heterocycles. The van der Waals surface area contributed by atoms with E-state index in [4.69, 9.17) is 4.52 Å². The van der Waals surface area contributed by atoms with Gasteiger partial charge in [-0.1, -0.05) is 35.5 Å². The van der Waals surface area contributed by atoms with E-state index in [-0.39, 0.29) is 0 Å². The number of anilines is 4. The Kier molecular flexibility index (Phi) is 4.99. The van der Waals surface area contributed by atoms with Crippen molar-refractivity contribution in [3.05, 3.63) is 60.0 Å². The number of nitrogens with zero attached hydrogens (tertiary/aromatic N) is 5. The van der Waals surface area contributed by atoms with Crippen molar-refractivity contribution in [1.29, 1.82) is 0 Å². The van der Waals surface area contributed by atoms with Gasteiger partial charge >= 0.3 is 0 Å². The lowest BCUT2D eigenvalue weighted by atomic mass is 10.1. The van der Waals surface area contributed by atoms with Gasteiger partial charge in [0.25, 0.3) is 0 Å². The van der Waals surface area contributed by atoms with Crippen LogP contribution in [0, 0.1) is 0 Å². The van der Waals surface area contributed by atoms with E-state index in [0.717, 1.165) is 22.9 Å². The average molecular weight is 416 g/mol. The van der Waals surface area contributed by atoms with Crippen LogP contribution in [0.3, 0.4) is 0 Å². The molecule has 0 amide bonds. The molecule has 0 bridgehead atoms. The summed E-state index contributed by atoms with van der Waals surface area (Å²) in [6.45, 7) is 0.421. The number of rotatable bonds is 8. The molecule has 0 unspecified atom stereocenters. The van der Waals surface area contributed by atoms with Gasteiger partial charge in [-0.3, -0.25) is 5.10 Å². The molecule has 3 aromatic heterocycles. The minimum absolute atomic E-state index is 0.421. The van der Waals surface area contributed by atoms with Crippen molar-refractivity contribution < 1.29 is 4.52 Å². The predicted octanol–water partition coefficient (Wildman–Crippen LogP) is 4.15. The molecule has 9 heteroatoms. The third kappa shape index (κ3) is 4.50. The zero-order chi connectivity index (χ0) is 21.2. The summed E-state index contributed by atoms with van der Waals surface area (Å²) in [5.74, 6) is 4.00. The smallest absolute Gasteiger partial charge is 0.227 e. The summed E-state index contributed by atoms with van der Waals surface area (Å²) in [5, 5.41) is 18.1. The molecule has 1 aliphatic carbocycles. The second kappa shape index (κ2) is 8.10. The third-order valence-electron chi connectivity index (χ3n) is 5.09. The van der Waals surface area contributed by atoms with Gasteiger partial charge < -0.3 is 20.1 Å². The number of nitrogens with one attached hydrogen (secondary N) is 3. The second-order valence-corrected chi connectivity index (χ2v) is 7.84. The van der Waals surface area contributed by atoms with Crippen molar-refractivity contribution >= 4 is 23.4 Å². The normalized spacial score (nSPS) is 13.2. The Morgan fingerprint density at radius 2 is 1.90 bits per heavy atom. The minimum atomic E-state index is 0.421. The molecule has 0 spiro atoms. The first-order valence-corrected chi connectivity index (χ1v) is 10.3. The van der Waals surface area contributed by atoms with Crippen LogP contribution in [0.25, 0.3) is 11.3 Å². The Labute approximate surface area is 179 Å². The standard InChI is InChI=1S/C22H24N8O/c1-30(2)21-12-19(24-20-11-17(27-28-20)15-8-9-15)25-22(26-21)23-13-16-10-18(29-31-16)14-6-4-3-5-7-14/h3-7,10-12,15H,8-9,13H2,1-2H3,(H3,23,24,25,26,27,28). The van der Waals surface area contributed by atoms with Crippen molar-refractivity contribution in [3.63, 3.8) is 0 Å². The molecular weight excluding hydrogens is 392 g/mol. The van der Waals surface area contributed by atoms with Crippen molar-refractivity contribution in [2.24, 2.45) is 0 Å². The van der Waals surface area contributed by atoms with E-state index in [0.29, 0.717) is 30.0 Å². The number of benzene rings is 1. The zero-order valence-electron chi connectivity index (χ0n) is 17.5. The molecule has 1 aliphatic rings. The van der Waals surface area contributed by atoms with E-state index in [2.05, 4.69) is 36.0 Å². The van der Waals surface area contributed by atoms with Gasteiger partial charge in [0.1, 0.15) is 17.3 Å². The van der Waals surface area contributed by atoms with Gasteiger partial charge in [0.15, 0.2) is 11.6 Å². The number of hydrogen-bond donors (Lipinski definition) is 3. The van der Waals surface area contributed by atoms with Crippen molar-refractivity contribution in [1.82, 2.24) is 25.3 Å². The summed E-state index contributed by atoms with van der Waals surface area (Å²) in [5.41, 5.74) is 2.98. The molecule has 0 radical (unpaired) electrons. The van der Waals surface area contributed by atoms with Gasteiger partial charge in [-0.2, -0.15) is 15.1 Å². The number of H-pyrrole nitrogens is 1. The summed E-state index contributed by atoms with van der Waals surface area (Å²) in [6.07, 6.45) is 2.45. The molecular formula is C22H24N8O. The van der Waals surface area contributed by atoms with E-state index in [1.807, 2.05) is 67.5 Å². The Hall–Kier alpha value is -3.88. The quantitative estimate of drug-likeness (QED) is 0.393. The maximum absolute atomic E-state index is 5.47. The highest BCUT2D eigenvalue weighted by Gasteiger charge is 2.25. The van der Waals surface area contributed by atoms with Crippen LogP contribution in [0.5, 0.6) is 0 Å². The van der Waals surface area contributed by atoms with Gasteiger partial charge in [-0.25, -0.2) is 0 Å². The first-order chi connectivity index (χ1) is 15.1. The highest BCUT2D eigenvalue weighted by molar-refractivity contribution is 5.60. The lowest BCUT2D eigenvalue weighted by Gasteiger charge is -2.14. The van der Waals surface area contributed by atoms with E-state index in [9.17, 15) is 0 Å². The second-order valence-electron chi connectivity index (χ2n) is 7.84. The number of aromatic amines is 1. The Morgan fingerprint density at radius 1 is 1.06 bits per heavy atom. The third-order valence-corrected chi connectivity index (χ3v) is 5.09. The first kappa shape index (κ1) is 19.1. The van der Waals surface area contributed by atoms with Crippen LogP contribution in [0.4, 0.5) is 23.4 Å². The largest absolute Gasteiger partial charge is 0.363 e. The van der Waals surface area contributed by atoms with Gasteiger partial charge in [0, 0.05) is 49.5 Å². The van der Waals surface area contributed by atoms with Crippen molar-refractivity contribution in [2.75, 3.05) is 29.6 Å². The van der Waals surface area contributed by atoms with Crippen molar-refractivity contribution in [3.8, 4) is 11.3 Å². The Balaban J connectivity index is 1.30. The monoisotopic (exact) mass is 416 g/mol. The molecule has 1 fully saturated rings. The lowest BCUT2D eigenvalue weighted by molar-refractivity contribution is 0.390. The number of hydrogen-bond acceptors (Lipinski definition) is 8. The molecule has 158 valence electrons. The maximum atomic E-state index is 5.47. The highest BCUT2D eigenvalue weighted by atomic mass is 16.5. The van der Waals surface area contributed by atoms with Crippen LogP contribution >= 0.6 is 0 Å². The molecule has 1 saturated carbocycles. The molecule has 4 aromatic rings. The topological polar surface area (TPSA) is 108 Å². The van der Waals surface area contributed by atoms with Gasteiger partial charge in [0.2, 0.25) is 5.95 Å². The minimum Gasteiger partial charge on any atom is -0.363 e. The first-order valence-electron chi connectivity index (χ1n) is 10.3. The predicted molar refractivity (Wildman–Crippen MR) is 119 cm³/mol. The van der Waals surface area contributed by atoms with Crippen LogP contribution in [0.15, 0.2) is 53.1 Å². The Bertz CT molecular complexity index is 1160. The fraction of sp³-hybridized carbons (Fsp3) is 0.273. The fourth-order valence-corrected chi connectivity index (χ4v) is 3.25. The fourth-order valence-electron chi connectivity index (χ4n) is 3.25. The summed E-state index contributed by atoms with van der Waals surface area (Å²) in [4.78, 5) is 11.1. The highest BCUT2D eigenvalue weighted by Crippen LogP contribution is 2.39. The summed E-state index contributed by atoms with van der Waals surface area (Å²) >= 11 is 0.